The highest BCUT2D eigenvalue weighted by Gasteiger charge is 2.28. The number of aliphatic hydroxyl groups is 4. The van der Waals surface area contributed by atoms with Crippen LogP contribution < -0.4 is 56.0 Å². The summed E-state index contributed by atoms with van der Waals surface area (Å²) in [5.41, 5.74) is 13.4. The van der Waals surface area contributed by atoms with Crippen LogP contribution in [0.25, 0.3) is 33.1 Å². The van der Waals surface area contributed by atoms with Crippen LogP contribution in [0.1, 0.15) is 128 Å². The molecule has 0 aliphatic heterocycles. The van der Waals surface area contributed by atoms with Gasteiger partial charge in [0, 0.05) is 56.5 Å². The molecule has 39 heteroatoms. The van der Waals surface area contributed by atoms with Gasteiger partial charge in [0.2, 0.25) is 16.6 Å². The van der Waals surface area contributed by atoms with Crippen LogP contribution in [-0.4, -0.2) is 167 Å². The number of rotatable bonds is 41. The highest BCUT2D eigenvalue weighted by molar-refractivity contribution is 5.95. The lowest BCUT2D eigenvalue weighted by Crippen LogP contribution is -2.33. The number of benzene rings is 10. The standard InChI is InChI=1S/C29H31N5O6.C16H16N4O5.C16H14N4O5.C15H23NO4.C10H15NO2.C7H8O2/c35-29(39-23-9-4-5-10-23)26(21-7-2-1-3-8-21)31-19-20-11-13-22(14-12-20)38-18-6-17-30-24-15-16-25(34(36)37)28-27(24)32-40-33-28;2*21-10-11-2-4-12(5-3-11)24-9-1-8-17-13-6-7-14(20(22)23)16-15(13)18-25-19-16;1-15(2,3)20-14(18)16-9-4-10-19-13-7-5-12(11-17)6-8-13;11-6-1-7-13-10-4-2-9(8-12)3-5-10;8-5-6-1-3-7(9)4-2-6/h1-3,7-8,11-16,23,26,30-31H,4-6,9-10,17-19H2;2-7,17,21H,1,8-10H2;2-7,10,17H,1,8-9H2;5-8,17H,4,9-11H2,1-3H3,(H,16,18);2-5,12H,1,6-8,11H2;1-4,8-9H,5H2/t26-;;;;;/m0...../s1. The number of nitrogens with one attached hydrogen (secondary N) is 5. The summed E-state index contributed by atoms with van der Waals surface area (Å²) in [4.78, 5) is 66.4. The molecule has 3 aromatic heterocycles. The molecule has 0 unspecified atom stereocenters. The smallest absolute Gasteiger partial charge is 0.407 e. The fraction of sp³-hybridized carbons (Fsp3) is 0.323. The first-order valence-electron chi connectivity index (χ1n) is 42.4. The highest BCUT2D eigenvalue weighted by Crippen LogP contribution is 2.33. The van der Waals surface area contributed by atoms with E-state index in [-0.39, 0.29) is 77.9 Å². The zero-order valence-electron chi connectivity index (χ0n) is 73.0. The normalized spacial score (nSPS) is 11.6. The molecule has 1 atom stereocenters. The maximum absolute atomic E-state index is 13.0. The van der Waals surface area contributed by atoms with Gasteiger partial charge >= 0.3 is 29.1 Å². The van der Waals surface area contributed by atoms with Gasteiger partial charge in [-0.2, -0.15) is 0 Å². The molecule has 698 valence electrons. The topological polar surface area (TPSA) is 549 Å². The molecule has 0 spiro atoms. The number of anilines is 3. The minimum atomic E-state index is -0.532. The van der Waals surface area contributed by atoms with Gasteiger partial charge in [-0.1, -0.05) is 91.0 Å². The second kappa shape index (κ2) is 54.3. The number of nitrogens with two attached hydrogens (primary N) is 1. The Morgan fingerprint density at radius 1 is 0.455 bits per heavy atom. The highest BCUT2D eigenvalue weighted by atomic mass is 16.6. The third-order valence-corrected chi connectivity index (χ3v) is 19.2. The number of carbonyl (C=O) groups excluding carboxylic acids is 3. The Labute approximate surface area is 758 Å². The third-order valence-electron chi connectivity index (χ3n) is 19.2. The summed E-state index contributed by atoms with van der Waals surface area (Å²) in [6.07, 6.45) is 8.12. The van der Waals surface area contributed by atoms with Crippen LogP contribution in [0.2, 0.25) is 0 Å². The van der Waals surface area contributed by atoms with E-state index in [4.69, 9.17) is 64.4 Å². The van der Waals surface area contributed by atoms with E-state index in [1.54, 1.807) is 91.0 Å². The van der Waals surface area contributed by atoms with Crippen molar-refractivity contribution < 1.29 is 102 Å². The molecule has 0 radical (unpaired) electrons. The van der Waals surface area contributed by atoms with Crippen molar-refractivity contribution in [2.24, 2.45) is 5.73 Å². The largest absolute Gasteiger partial charge is 0.508 e. The van der Waals surface area contributed by atoms with Gasteiger partial charge in [0.15, 0.2) is 16.6 Å². The van der Waals surface area contributed by atoms with E-state index >= 15 is 0 Å². The molecule has 132 heavy (non-hydrogen) atoms. The Morgan fingerprint density at radius 2 is 0.788 bits per heavy atom. The number of phenolic OH excluding ortho intramolecular Hbond substituents is 1. The number of esters is 1. The molecular formula is C93H107N15O24. The summed E-state index contributed by atoms with van der Waals surface area (Å²) in [6, 6.07) is 60.9. The maximum atomic E-state index is 13.0. The Bertz CT molecular complexity index is 5650. The van der Waals surface area contributed by atoms with E-state index in [9.17, 15) is 44.7 Å². The summed E-state index contributed by atoms with van der Waals surface area (Å²) in [5.74, 6) is 3.72. The number of non-ortho nitro benzene ring substituents is 3. The molecule has 1 aliphatic rings. The van der Waals surface area contributed by atoms with Crippen LogP contribution in [-0.2, 0) is 47.2 Å². The molecule has 1 fully saturated rings. The van der Waals surface area contributed by atoms with E-state index in [0.29, 0.717) is 143 Å². The predicted molar refractivity (Wildman–Crippen MR) is 488 cm³/mol. The molecular weight excluding hydrogens is 1710 g/mol. The number of aromatic hydroxyl groups is 1. The van der Waals surface area contributed by atoms with Crippen molar-refractivity contribution in [3.63, 3.8) is 0 Å². The fourth-order valence-electron chi connectivity index (χ4n) is 12.4. The van der Waals surface area contributed by atoms with Crippen molar-refractivity contribution in [1.29, 1.82) is 0 Å². The summed E-state index contributed by atoms with van der Waals surface area (Å²) in [6.45, 7) is 11.6. The lowest BCUT2D eigenvalue weighted by atomic mass is 10.1. The number of aromatic nitrogens is 6. The maximum Gasteiger partial charge on any atom is 0.407 e. The molecule has 13 aromatic rings. The number of ether oxygens (including phenoxy) is 7. The molecule has 39 nitrogen and oxygen atoms in total. The first kappa shape index (κ1) is 101. The van der Waals surface area contributed by atoms with Crippen molar-refractivity contribution in [2.75, 3.05) is 81.7 Å². The second-order valence-corrected chi connectivity index (χ2v) is 30.2. The van der Waals surface area contributed by atoms with Gasteiger partial charge in [-0.25, -0.2) is 23.5 Å². The van der Waals surface area contributed by atoms with Crippen LogP contribution in [0.5, 0.6) is 34.5 Å². The first-order chi connectivity index (χ1) is 64.0. The van der Waals surface area contributed by atoms with Gasteiger partial charge in [-0.3, -0.25) is 40.5 Å². The Balaban J connectivity index is 0.000000188. The monoisotopic (exact) mass is 1820 g/mol. The van der Waals surface area contributed by atoms with Crippen LogP contribution in [0.15, 0.2) is 226 Å². The van der Waals surface area contributed by atoms with Crippen LogP contribution in [0, 0.1) is 30.3 Å². The third kappa shape index (κ3) is 33.9. The number of alkyl carbamates (subject to hydrolysis) is 1. The number of hydrogen-bond donors (Lipinski definition) is 11. The first-order valence-corrected chi connectivity index (χ1v) is 42.4. The quantitative estimate of drug-likeness (QED) is 0.00557. The van der Waals surface area contributed by atoms with E-state index in [1.165, 1.54) is 18.2 Å². The van der Waals surface area contributed by atoms with Crippen molar-refractivity contribution >= 4 is 85.6 Å². The van der Waals surface area contributed by atoms with E-state index in [0.717, 1.165) is 94.8 Å². The lowest BCUT2D eigenvalue weighted by molar-refractivity contribution is -0.383. The predicted octanol–water partition coefficient (Wildman–Crippen LogP) is 14.9. The number of phenols is 1. The lowest BCUT2D eigenvalue weighted by Gasteiger charge is -2.21. The molecule has 12 N–H and O–H groups in total. The number of aliphatic hydroxyl groups excluding tert-OH is 4. The van der Waals surface area contributed by atoms with Gasteiger partial charge in [0.05, 0.1) is 91.3 Å². The average Bonchev–Trinajstić information content (AvgIpc) is 1.65. The van der Waals surface area contributed by atoms with Crippen LogP contribution >= 0.6 is 0 Å². The fourth-order valence-corrected chi connectivity index (χ4v) is 12.4. The van der Waals surface area contributed by atoms with Gasteiger partial charge in [0.25, 0.3) is 0 Å². The molecule has 1 amide bonds. The summed E-state index contributed by atoms with van der Waals surface area (Å²) in [7, 11) is 0. The molecule has 10 aromatic carbocycles. The van der Waals surface area contributed by atoms with Gasteiger partial charge in [-0.05, 0) is 253 Å². The summed E-state index contributed by atoms with van der Waals surface area (Å²) in [5, 5.41) is 115. The van der Waals surface area contributed by atoms with Gasteiger partial charge in [0.1, 0.15) is 58.5 Å². The number of nitrogens with zero attached hydrogens (tertiary/aromatic N) is 9. The molecule has 3 heterocycles. The molecule has 0 saturated heterocycles. The number of aldehydes is 1. The van der Waals surface area contributed by atoms with E-state index < -0.39 is 32.5 Å². The number of amides is 1. The number of fused-ring (bicyclic) bond motifs is 3. The molecule has 0 bridgehead atoms. The van der Waals surface area contributed by atoms with Crippen molar-refractivity contribution in [2.45, 2.75) is 129 Å². The molecule has 1 saturated carbocycles. The van der Waals surface area contributed by atoms with Crippen molar-refractivity contribution in [3.8, 4) is 34.5 Å². The van der Waals surface area contributed by atoms with Crippen molar-refractivity contribution in [1.82, 2.24) is 41.6 Å². The summed E-state index contributed by atoms with van der Waals surface area (Å²) >= 11 is 0. The minimum Gasteiger partial charge on any atom is -0.508 e. The Kier molecular flexibility index (Phi) is 41.5. The van der Waals surface area contributed by atoms with Crippen LogP contribution in [0.3, 0.4) is 0 Å². The SMILES string of the molecule is CC(C)(C)OC(=O)NCCCOc1ccc(CO)cc1.NCCCOc1ccc(CO)cc1.O=C(OC1CCCC1)[C@@H](NCc1ccc(OCCCNc2ccc([N+](=O)[O-])c3nonc23)cc1)c1ccccc1.O=Cc1ccc(OCCCNc2ccc([N+](=O)[O-])c3nonc23)cc1.O=[N+]([O-])c1ccc(NCCCOc2ccc(CO)cc2)c2nonc12.OCc1ccc(O)cc1. The number of nitro benzene ring substituents is 3. The minimum absolute atomic E-state index is 0.00477. The average molecular weight is 1820 g/mol. The van der Waals surface area contributed by atoms with E-state index in [2.05, 4.69) is 71.4 Å². The van der Waals surface area contributed by atoms with Crippen molar-refractivity contribution in [3.05, 3.63) is 282 Å². The van der Waals surface area contributed by atoms with Crippen LogP contribution in [0.4, 0.5) is 38.9 Å². The zero-order chi connectivity index (χ0) is 94.3. The zero-order valence-corrected chi connectivity index (χ0v) is 73.0. The number of hydrogen-bond acceptors (Lipinski definition) is 35. The molecule has 1 aliphatic carbocycles. The molecule has 14 rings (SSSR count). The number of carbonyl (C=O) groups is 3. The number of nitro groups is 3. The summed E-state index contributed by atoms with van der Waals surface area (Å²) < 4.78 is 52.8. The Morgan fingerprint density at radius 3 is 1.13 bits per heavy atom. The van der Waals surface area contributed by atoms with E-state index in [1.807, 2.05) is 124 Å². The van der Waals surface area contributed by atoms with Gasteiger partial charge in [-0.15, -0.1) is 0 Å². The Hall–Kier alpha value is -15.0. The second-order valence-electron chi connectivity index (χ2n) is 30.2. The van der Waals surface area contributed by atoms with Gasteiger partial charge < -0.3 is 85.7 Å².